The van der Waals surface area contributed by atoms with Gasteiger partial charge in [-0.3, -0.25) is 0 Å². The van der Waals surface area contributed by atoms with E-state index in [1.54, 1.807) is 0 Å². The van der Waals surface area contributed by atoms with Crippen molar-refractivity contribution < 1.29 is 4.74 Å². The Morgan fingerprint density at radius 3 is 2.50 bits per heavy atom. The third-order valence-electron chi connectivity index (χ3n) is 6.77. The maximum atomic E-state index is 6.76. The van der Waals surface area contributed by atoms with Crippen molar-refractivity contribution in [3.05, 3.63) is 71.3 Å². The number of hydrogen-bond donors (Lipinski definition) is 1. The minimum Gasteiger partial charge on any atom is -0.364 e. The molecule has 162 valence electrons. The lowest BCUT2D eigenvalue weighted by atomic mass is 9.79. The molecule has 1 saturated heterocycles. The number of likely N-dealkylation sites (tertiary alicyclic amines) is 1. The molecule has 1 N–H and O–H groups in total. The van der Waals surface area contributed by atoms with Gasteiger partial charge in [0, 0.05) is 12.5 Å². The van der Waals surface area contributed by atoms with Crippen LogP contribution >= 0.6 is 0 Å². The van der Waals surface area contributed by atoms with E-state index in [0.717, 1.165) is 6.54 Å². The van der Waals surface area contributed by atoms with Gasteiger partial charge in [-0.2, -0.15) is 0 Å². The molecule has 2 aliphatic heterocycles. The van der Waals surface area contributed by atoms with Crippen molar-refractivity contribution in [3.8, 4) is 0 Å². The third-order valence-corrected chi connectivity index (χ3v) is 6.77. The van der Waals surface area contributed by atoms with E-state index in [9.17, 15) is 0 Å². The molecule has 3 nitrogen and oxygen atoms in total. The minimum absolute atomic E-state index is 0.0674. The molecule has 0 radical (unpaired) electrons. The monoisotopic (exact) mass is 406 g/mol. The minimum atomic E-state index is 0.0674. The number of benzene rings is 2. The normalized spacial score (nSPS) is 23.7. The fourth-order valence-corrected chi connectivity index (χ4v) is 5.09. The lowest BCUT2D eigenvalue weighted by molar-refractivity contribution is -0.0591. The Labute approximate surface area is 182 Å². The summed E-state index contributed by atoms with van der Waals surface area (Å²) in [5, 5.41) is 3.56. The van der Waals surface area contributed by atoms with Crippen LogP contribution in [0.3, 0.4) is 0 Å². The Balaban J connectivity index is 1.32. The average molecular weight is 407 g/mol. The van der Waals surface area contributed by atoms with Crippen molar-refractivity contribution in [2.75, 3.05) is 32.7 Å². The third kappa shape index (κ3) is 5.32. The Hall–Kier alpha value is -1.68. The summed E-state index contributed by atoms with van der Waals surface area (Å²) in [5.74, 6) is 0.542. The van der Waals surface area contributed by atoms with Gasteiger partial charge in [-0.25, -0.2) is 0 Å². The maximum absolute atomic E-state index is 6.76. The number of nitrogens with one attached hydrogen (secondary N) is 1. The van der Waals surface area contributed by atoms with Gasteiger partial charge in [0.25, 0.3) is 0 Å². The van der Waals surface area contributed by atoms with E-state index in [-0.39, 0.29) is 6.10 Å². The van der Waals surface area contributed by atoms with Crippen LogP contribution in [0, 0.1) is 0 Å². The molecule has 1 unspecified atom stereocenters. The van der Waals surface area contributed by atoms with Crippen molar-refractivity contribution in [2.24, 2.45) is 0 Å². The number of hydrogen-bond acceptors (Lipinski definition) is 3. The molecule has 0 amide bonds. The van der Waals surface area contributed by atoms with Gasteiger partial charge in [0.05, 0.1) is 6.10 Å². The van der Waals surface area contributed by atoms with Gasteiger partial charge < -0.3 is 15.0 Å². The number of fused-ring (bicyclic) bond motifs is 3. The molecule has 2 aromatic rings. The van der Waals surface area contributed by atoms with E-state index in [1.807, 2.05) is 0 Å². The van der Waals surface area contributed by atoms with Crippen LogP contribution in [-0.4, -0.2) is 43.7 Å². The number of piperidine rings is 1. The molecule has 0 saturated carbocycles. The Kier molecular flexibility index (Phi) is 7.96. The van der Waals surface area contributed by atoms with Crippen LogP contribution in [0.1, 0.15) is 74.2 Å². The first kappa shape index (κ1) is 21.5. The topological polar surface area (TPSA) is 24.5 Å². The molecule has 4 rings (SSSR count). The summed E-state index contributed by atoms with van der Waals surface area (Å²) in [5.41, 5.74) is 4.16. The highest BCUT2D eigenvalue weighted by Crippen LogP contribution is 2.44. The zero-order valence-corrected chi connectivity index (χ0v) is 18.6. The van der Waals surface area contributed by atoms with Crippen LogP contribution in [0.5, 0.6) is 0 Å². The molecule has 0 bridgehead atoms. The molecule has 30 heavy (non-hydrogen) atoms. The summed E-state index contributed by atoms with van der Waals surface area (Å²) in [7, 11) is 0. The molecule has 1 fully saturated rings. The summed E-state index contributed by atoms with van der Waals surface area (Å²) in [6, 6.07) is 19.7. The van der Waals surface area contributed by atoms with Crippen molar-refractivity contribution >= 4 is 0 Å². The highest BCUT2D eigenvalue weighted by atomic mass is 16.5. The lowest BCUT2D eigenvalue weighted by Gasteiger charge is -2.45. The molecule has 0 aliphatic carbocycles. The molecule has 2 aromatic carbocycles. The summed E-state index contributed by atoms with van der Waals surface area (Å²) >= 11 is 0. The summed E-state index contributed by atoms with van der Waals surface area (Å²) in [4.78, 5) is 2.64. The molecule has 2 heterocycles. The first-order valence-corrected chi connectivity index (χ1v) is 12.1. The Bertz CT molecular complexity index is 762. The summed E-state index contributed by atoms with van der Waals surface area (Å²) in [6.07, 6.45) is 8.06. The van der Waals surface area contributed by atoms with Gasteiger partial charge in [-0.15, -0.1) is 0 Å². The molecule has 3 heteroatoms. The second-order valence-electron chi connectivity index (χ2n) is 8.95. The average Bonchev–Trinajstić information content (AvgIpc) is 2.80. The fourth-order valence-electron chi connectivity index (χ4n) is 5.09. The van der Waals surface area contributed by atoms with Gasteiger partial charge in [0.1, 0.15) is 6.10 Å². The van der Waals surface area contributed by atoms with Crippen LogP contribution in [0.4, 0.5) is 0 Å². The fraction of sp³-hybridized carbons (Fsp3) is 0.556. The van der Waals surface area contributed by atoms with E-state index in [1.165, 1.54) is 81.4 Å². The zero-order valence-electron chi connectivity index (χ0n) is 18.6. The summed E-state index contributed by atoms with van der Waals surface area (Å²) in [6.45, 7) is 8.07. The largest absolute Gasteiger partial charge is 0.364 e. The van der Waals surface area contributed by atoms with Gasteiger partial charge in [-0.05, 0) is 68.6 Å². The van der Waals surface area contributed by atoms with Gasteiger partial charge in [-0.1, -0.05) is 74.4 Å². The van der Waals surface area contributed by atoms with E-state index >= 15 is 0 Å². The van der Waals surface area contributed by atoms with Gasteiger partial charge >= 0.3 is 0 Å². The molecule has 3 atom stereocenters. The lowest BCUT2D eigenvalue weighted by Crippen LogP contribution is -2.47. The van der Waals surface area contributed by atoms with Crippen molar-refractivity contribution in [3.63, 3.8) is 0 Å². The summed E-state index contributed by atoms with van der Waals surface area (Å²) < 4.78 is 6.76. The molecular formula is C27H38N2O. The first-order chi connectivity index (χ1) is 14.9. The highest BCUT2D eigenvalue weighted by Gasteiger charge is 2.39. The maximum Gasteiger partial charge on any atom is 0.108 e. The van der Waals surface area contributed by atoms with Gasteiger partial charge in [0.2, 0.25) is 0 Å². The number of ether oxygens (including phenoxy) is 1. The van der Waals surface area contributed by atoms with Crippen LogP contribution in [0.25, 0.3) is 0 Å². The quantitative estimate of drug-likeness (QED) is 0.526. The molecular weight excluding hydrogens is 368 g/mol. The van der Waals surface area contributed by atoms with Gasteiger partial charge in [0.15, 0.2) is 0 Å². The van der Waals surface area contributed by atoms with Crippen LogP contribution < -0.4 is 5.32 Å². The molecule has 0 spiro atoms. The number of unbranched alkanes of at least 4 members (excludes halogenated alkanes) is 3. The SMILES string of the molecule is CCCCNCCCCCN1CC[C@H]2c3ccccc3C(c3ccccc3)O[C@H]2C1. The van der Waals surface area contributed by atoms with Crippen molar-refractivity contribution in [1.82, 2.24) is 10.2 Å². The van der Waals surface area contributed by atoms with Crippen LogP contribution in [0.15, 0.2) is 54.6 Å². The Morgan fingerprint density at radius 1 is 0.900 bits per heavy atom. The molecule has 0 aromatic heterocycles. The van der Waals surface area contributed by atoms with Crippen molar-refractivity contribution in [1.29, 1.82) is 0 Å². The smallest absolute Gasteiger partial charge is 0.108 e. The Morgan fingerprint density at radius 2 is 1.67 bits per heavy atom. The molecule has 2 aliphatic rings. The van der Waals surface area contributed by atoms with E-state index in [0.29, 0.717) is 12.0 Å². The predicted octanol–water partition coefficient (Wildman–Crippen LogP) is 5.52. The van der Waals surface area contributed by atoms with Crippen molar-refractivity contribution in [2.45, 2.75) is 63.6 Å². The number of rotatable bonds is 10. The van der Waals surface area contributed by atoms with E-state index in [2.05, 4.69) is 71.7 Å². The predicted molar refractivity (Wildman–Crippen MR) is 125 cm³/mol. The second kappa shape index (κ2) is 11.1. The van der Waals surface area contributed by atoms with E-state index < -0.39 is 0 Å². The van der Waals surface area contributed by atoms with E-state index in [4.69, 9.17) is 4.74 Å². The number of nitrogens with zero attached hydrogens (tertiary/aromatic N) is 1. The van der Waals surface area contributed by atoms with Crippen LogP contribution in [-0.2, 0) is 4.74 Å². The highest BCUT2D eigenvalue weighted by molar-refractivity contribution is 5.41. The zero-order chi connectivity index (χ0) is 20.6. The first-order valence-electron chi connectivity index (χ1n) is 12.1. The standard InChI is InChI=1S/C27H38N2O/c1-2-3-17-28-18-10-5-11-19-29-20-16-24-23-14-8-9-15-25(23)27(30-26(24)21-29)22-12-6-4-7-13-22/h4,6-9,12-15,24,26-28H,2-3,5,10-11,16-21H2,1H3/t24-,26-,27?/m0/s1. The van der Waals surface area contributed by atoms with Crippen LogP contribution in [0.2, 0.25) is 0 Å². The second-order valence-corrected chi connectivity index (χ2v) is 8.95.